The van der Waals surface area contributed by atoms with Crippen LogP contribution in [0.2, 0.25) is 0 Å². The van der Waals surface area contributed by atoms with Crippen LogP contribution >= 0.6 is 31.9 Å². The lowest BCUT2D eigenvalue weighted by atomic mass is 9.97. The fourth-order valence-corrected chi connectivity index (χ4v) is 2.76. The Labute approximate surface area is 103 Å². The summed E-state index contributed by atoms with van der Waals surface area (Å²) >= 11 is 7.17. The highest BCUT2D eigenvalue weighted by Gasteiger charge is 2.08. The third kappa shape index (κ3) is 4.14. The van der Waals surface area contributed by atoms with Crippen LogP contribution in [0.1, 0.15) is 25.8 Å². The van der Waals surface area contributed by atoms with Crippen molar-refractivity contribution in [1.29, 1.82) is 0 Å². The Morgan fingerprint density at radius 1 is 1.21 bits per heavy atom. The molecule has 0 saturated heterocycles. The van der Waals surface area contributed by atoms with Crippen LogP contribution in [0.3, 0.4) is 0 Å². The van der Waals surface area contributed by atoms with E-state index in [2.05, 4.69) is 70.0 Å². The molecule has 0 saturated carbocycles. The molecule has 1 rings (SSSR count). The number of halogens is 2. The molecule has 2 unspecified atom stereocenters. The minimum Gasteiger partial charge on any atom is -0.0894 e. The minimum atomic E-state index is 0.611. The molecular weight excluding hydrogens is 304 g/mol. The molecule has 0 aliphatic rings. The summed E-state index contributed by atoms with van der Waals surface area (Å²) in [5.41, 5.74) is 1.41. The molecule has 0 N–H and O–H groups in total. The Bertz CT molecular complexity index is 281. The summed E-state index contributed by atoms with van der Waals surface area (Å²) in [6, 6.07) is 8.47. The molecule has 0 aliphatic carbocycles. The lowest BCUT2D eigenvalue weighted by molar-refractivity contribution is 0.532. The zero-order valence-electron chi connectivity index (χ0n) is 8.63. The van der Waals surface area contributed by atoms with E-state index in [0.717, 1.165) is 12.3 Å². The van der Waals surface area contributed by atoms with Gasteiger partial charge in [-0.3, -0.25) is 0 Å². The van der Waals surface area contributed by atoms with Gasteiger partial charge in [0.05, 0.1) is 0 Å². The first-order valence-electron chi connectivity index (χ1n) is 4.97. The lowest BCUT2D eigenvalue weighted by Crippen LogP contribution is -2.05. The normalized spacial score (nSPS) is 15.1. The van der Waals surface area contributed by atoms with Crippen molar-refractivity contribution in [2.75, 3.05) is 0 Å². The molecule has 0 amide bonds. The molecule has 1 aromatic rings. The number of hydrogen-bond acceptors (Lipinski definition) is 0. The number of rotatable bonds is 4. The summed E-state index contributed by atoms with van der Waals surface area (Å²) in [5, 5.41) is 0. The van der Waals surface area contributed by atoms with E-state index in [9.17, 15) is 0 Å². The predicted octanol–water partition coefficient (Wildman–Crippen LogP) is 4.80. The molecule has 0 heterocycles. The molecule has 0 spiro atoms. The van der Waals surface area contributed by atoms with Gasteiger partial charge in [0.1, 0.15) is 0 Å². The van der Waals surface area contributed by atoms with E-state index in [1.807, 2.05) is 0 Å². The van der Waals surface area contributed by atoms with Crippen molar-refractivity contribution in [2.24, 2.45) is 5.92 Å². The van der Waals surface area contributed by atoms with Crippen molar-refractivity contribution < 1.29 is 0 Å². The van der Waals surface area contributed by atoms with Crippen LogP contribution in [0, 0.1) is 5.92 Å². The molecule has 0 fully saturated rings. The van der Waals surface area contributed by atoms with Gasteiger partial charge in [0.2, 0.25) is 0 Å². The van der Waals surface area contributed by atoms with Crippen molar-refractivity contribution in [1.82, 2.24) is 0 Å². The van der Waals surface area contributed by atoms with Crippen molar-refractivity contribution in [3.8, 4) is 0 Å². The van der Waals surface area contributed by atoms with E-state index in [1.165, 1.54) is 16.5 Å². The van der Waals surface area contributed by atoms with E-state index in [-0.39, 0.29) is 0 Å². The SMILES string of the molecule is CC(Br)CC(C)Cc1ccccc1Br. The fraction of sp³-hybridized carbons (Fsp3) is 0.500. The molecule has 0 aromatic heterocycles. The smallest absolute Gasteiger partial charge is 0.0207 e. The van der Waals surface area contributed by atoms with Gasteiger partial charge in [-0.2, -0.15) is 0 Å². The quantitative estimate of drug-likeness (QED) is 0.699. The van der Waals surface area contributed by atoms with Gasteiger partial charge in [-0.15, -0.1) is 0 Å². The Kier molecular flexibility index (Phi) is 5.18. The second-order valence-corrected chi connectivity index (χ2v) is 6.33. The van der Waals surface area contributed by atoms with Crippen LogP contribution in [-0.4, -0.2) is 4.83 Å². The first kappa shape index (κ1) is 12.3. The van der Waals surface area contributed by atoms with E-state index >= 15 is 0 Å². The van der Waals surface area contributed by atoms with Crippen molar-refractivity contribution >= 4 is 31.9 Å². The summed E-state index contributed by atoms with van der Waals surface area (Å²) in [7, 11) is 0. The molecule has 2 heteroatoms. The highest BCUT2D eigenvalue weighted by Crippen LogP contribution is 2.22. The third-order valence-electron chi connectivity index (χ3n) is 2.25. The first-order chi connectivity index (χ1) is 6.59. The molecule has 1 aromatic carbocycles. The maximum Gasteiger partial charge on any atom is 0.0207 e. The summed E-state index contributed by atoms with van der Waals surface area (Å²) in [6.07, 6.45) is 2.37. The van der Waals surface area contributed by atoms with Crippen LogP contribution < -0.4 is 0 Å². The number of alkyl halides is 1. The fourth-order valence-electron chi connectivity index (χ4n) is 1.68. The molecular formula is C12H16Br2. The molecule has 78 valence electrons. The monoisotopic (exact) mass is 318 g/mol. The second-order valence-electron chi connectivity index (χ2n) is 3.92. The van der Waals surface area contributed by atoms with E-state index in [4.69, 9.17) is 0 Å². The predicted molar refractivity (Wildman–Crippen MR) is 70.0 cm³/mol. The van der Waals surface area contributed by atoms with Gasteiger partial charge in [-0.05, 0) is 30.4 Å². The number of benzene rings is 1. The highest BCUT2D eigenvalue weighted by molar-refractivity contribution is 9.10. The van der Waals surface area contributed by atoms with Gasteiger partial charge in [-0.25, -0.2) is 0 Å². The van der Waals surface area contributed by atoms with Crippen LogP contribution in [0.4, 0.5) is 0 Å². The minimum absolute atomic E-state index is 0.611. The van der Waals surface area contributed by atoms with Crippen LogP contribution in [0.15, 0.2) is 28.7 Å². The molecule has 0 nitrogen and oxygen atoms in total. The maximum absolute atomic E-state index is 3.60. The molecule has 14 heavy (non-hydrogen) atoms. The van der Waals surface area contributed by atoms with E-state index in [1.54, 1.807) is 0 Å². The Hall–Kier alpha value is 0.180. The van der Waals surface area contributed by atoms with Gasteiger partial charge in [0.15, 0.2) is 0 Å². The van der Waals surface area contributed by atoms with Gasteiger partial charge in [0.25, 0.3) is 0 Å². The summed E-state index contributed by atoms with van der Waals surface area (Å²) < 4.78 is 1.23. The maximum atomic E-state index is 3.60. The van der Waals surface area contributed by atoms with Crippen LogP contribution in [0.25, 0.3) is 0 Å². The second kappa shape index (κ2) is 5.92. The van der Waals surface area contributed by atoms with E-state index in [0.29, 0.717) is 4.83 Å². The topological polar surface area (TPSA) is 0 Å². The molecule has 0 aliphatic heterocycles. The molecule has 0 radical (unpaired) electrons. The average Bonchev–Trinajstić information content (AvgIpc) is 2.07. The first-order valence-corrected chi connectivity index (χ1v) is 6.68. The van der Waals surface area contributed by atoms with Crippen LogP contribution in [-0.2, 0) is 6.42 Å². The summed E-state index contributed by atoms with van der Waals surface area (Å²) in [4.78, 5) is 0.611. The Balaban J connectivity index is 2.56. The van der Waals surface area contributed by atoms with Gasteiger partial charge >= 0.3 is 0 Å². The summed E-state index contributed by atoms with van der Waals surface area (Å²) in [6.45, 7) is 4.51. The van der Waals surface area contributed by atoms with Crippen molar-refractivity contribution in [3.63, 3.8) is 0 Å². The average molecular weight is 320 g/mol. The molecule has 2 atom stereocenters. The number of hydrogen-bond donors (Lipinski definition) is 0. The van der Waals surface area contributed by atoms with Gasteiger partial charge in [0, 0.05) is 9.30 Å². The Morgan fingerprint density at radius 2 is 1.86 bits per heavy atom. The highest BCUT2D eigenvalue weighted by atomic mass is 79.9. The van der Waals surface area contributed by atoms with Gasteiger partial charge < -0.3 is 0 Å². The van der Waals surface area contributed by atoms with Crippen molar-refractivity contribution in [3.05, 3.63) is 34.3 Å². The van der Waals surface area contributed by atoms with Crippen LogP contribution in [0.5, 0.6) is 0 Å². The lowest BCUT2D eigenvalue weighted by Gasteiger charge is -2.13. The zero-order chi connectivity index (χ0) is 10.6. The van der Waals surface area contributed by atoms with Gasteiger partial charge in [-0.1, -0.05) is 63.9 Å². The Morgan fingerprint density at radius 3 is 2.43 bits per heavy atom. The summed E-state index contributed by atoms with van der Waals surface area (Å²) in [5.74, 6) is 0.725. The standard InChI is InChI=1S/C12H16Br2/c1-9(7-10(2)13)8-11-5-3-4-6-12(11)14/h3-6,9-10H,7-8H2,1-2H3. The van der Waals surface area contributed by atoms with E-state index < -0.39 is 0 Å². The third-order valence-corrected chi connectivity index (χ3v) is 3.40. The zero-order valence-corrected chi connectivity index (χ0v) is 11.8. The largest absolute Gasteiger partial charge is 0.0894 e. The molecule has 0 bridgehead atoms. The van der Waals surface area contributed by atoms with Crippen molar-refractivity contribution in [2.45, 2.75) is 31.5 Å².